The number of para-hydroxylation sites is 2. The van der Waals surface area contributed by atoms with Crippen LogP contribution in [0.5, 0.6) is 0 Å². The molecule has 0 unspecified atom stereocenters. The van der Waals surface area contributed by atoms with Crippen molar-refractivity contribution in [1.29, 1.82) is 0 Å². The summed E-state index contributed by atoms with van der Waals surface area (Å²) in [6.07, 6.45) is 1.92. The Morgan fingerprint density at radius 1 is 0.741 bits per heavy atom. The molecule has 0 saturated carbocycles. The quantitative estimate of drug-likeness (QED) is 0.456. The maximum atomic E-state index is 5.04. The van der Waals surface area contributed by atoms with E-state index in [2.05, 4.69) is 104 Å². The second kappa shape index (κ2) is 7.40. The molecule has 0 aliphatic carbocycles. The van der Waals surface area contributed by atoms with Crippen LogP contribution in [-0.4, -0.2) is 9.97 Å². The SMILES string of the molecule is CC(C)C(Cc1ccccc1)(Cc1ccccc1)c1nc2ccccc2[nH]1. The van der Waals surface area contributed by atoms with Crippen LogP contribution in [0.2, 0.25) is 0 Å². The minimum atomic E-state index is -0.0955. The molecule has 0 saturated heterocycles. The topological polar surface area (TPSA) is 28.7 Å². The van der Waals surface area contributed by atoms with Gasteiger partial charge in [0.2, 0.25) is 0 Å². The summed E-state index contributed by atoms with van der Waals surface area (Å²) in [7, 11) is 0. The zero-order valence-corrected chi connectivity index (χ0v) is 16.0. The lowest BCUT2D eigenvalue weighted by Crippen LogP contribution is -2.38. The van der Waals surface area contributed by atoms with E-state index >= 15 is 0 Å². The molecule has 1 aromatic heterocycles. The van der Waals surface area contributed by atoms with Crippen LogP contribution in [0.1, 0.15) is 30.8 Å². The summed E-state index contributed by atoms with van der Waals surface area (Å²) in [6, 6.07) is 29.9. The van der Waals surface area contributed by atoms with E-state index in [1.165, 1.54) is 11.1 Å². The molecule has 0 aliphatic rings. The first-order chi connectivity index (χ1) is 13.2. The molecule has 2 heteroatoms. The van der Waals surface area contributed by atoms with E-state index in [4.69, 9.17) is 4.98 Å². The van der Waals surface area contributed by atoms with Gasteiger partial charge in [0.1, 0.15) is 5.82 Å². The van der Waals surface area contributed by atoms with Crippen molar-refractivity contribution in [2.45, 2.75) is 32.1 Å². The average Bonchev–Trinajstić information content (AvgIpc) is 3.13. The standard InChI is InChI=1S/C25H26N2/c1-19(2)25(17-20-11-5-3-6-12-20,18-21-13-7-4-8-14-21)24-26-22-15-9-10-16-23(22)27-24/h3-16,19H,17-18H2,1-2H3,(H,26,27). The van der Waals surface area contributed by atoms with Gasteiger partial charge in [0.15, 0.2) is 0 Å². The number of nitrogens with zero attached hydrogens (tertiary/aromatic N) is 1. The number of imidazole rings is 1. The van der Waals surface area contributed by atoms with E-state index in [0.29, 0.717) is 5.92 Å². The van der Waals surface area contributed by atoms with E-state index in [9.17, 15) is 0 Å². The van der Waals surface area contributed by atoms with Gasteiger partial charge in [-0.25, -0.2) is 4.98 Å². The summed E-state index contributed by atoms with van der Waals surface area (Å²) >= 11 is 0. The van der Waals surface area contributed by atoms with E-state index in [-0.39, 0.29) is 5.41 Å². The van der Waals surface area contributed by atoms with Gasteiger partial charge in [-0.05, 0) is 42.0 Å². The van der Waals surface area contributed by atoms with Crippen LogP contribution >= 0.6 is 0 Å². The van der Waals surface area contributed by atoms with Gasteiger partial charge in [0, 0.05) is 5.41 Å². The number of benzene rings is 3. The monoisotopic (exact) mass is 354 g/mol. The third-order valence-corrected chi connectivity index (χ3v) is 5.69. The van der Waals surface area contributed by atoms with Crippen molar-refractivity contribution >= 4 is 11.0 Å². The van der Waals surface area contributed by atoms with Gasteiger partial charge in [-0.3, -0.25) is 0 Å². The molecule has 4 rings (SSSR count). The van der Waals surface area contributed by atoms with Crippen molar-refractivity contribution in [1.82, 2.24) is 9.97 Å². The summed E-state index contributed by atoms with van der Waals surface area (Å²) < 4.78 is 0. The second-order valence-corrected chi connectivity index (χ2v) is 7.74. The fourth-order valence-corrected chi connectivity index (χ4v) is 4.02. The zero-order valence-electron chi connectivity index (χ0n) is 16.0. The highest BCUT2D eigenvalue weighted by molar-refractivity contribution is 5.75. The van der Waals surface area contributed by atoms with Crippen molar-refractivity contribution in [3.63, 3.8) is 0 Å². The number of hydrogen-bond donors (Lipinski definition) is 1. The molecule has 2 nitrogen and oxygen atoms in total. The van der Waals surface area contributed by atoms with Crippen molar-refractivity contribution in [2.75, 3.05) is 0 Å². The van der Waals surface area contributed by atoms with E-state index in [1.807, 2.05) is 0 Å². The summed E-state index contributed by atoms with van der Waals surface area (Å²) in [4.78, 5) is 8.69. The largest absolute Gasteiger partial charge is 0.341 e. The summed E-state index contributed by atoms with van der Waals surface area (Å²) in [5.41, 5.74) is 4.75. The van der Waals surface area contributed by atoms with Crippen LogP contribution in [0.15, 0.2) is 84.9 Å². The minimum absolute atomic E-state index is 0.0955. The molecule has 0 amide bonds. The molecular formula is C25H26N2. The zero-order chi connectivity index (χ0) is 18.7. The highest BCUT2D eigenvalue weighted by atomic mass is 14.9. The maximum absolute atomic E-state index is 5.04. The van der Waals surface area contributed by atoms with Crippen molar-refractivity contribution in [3.8, 4) is 0 Å². The average molecular weight is 354 g/mol. The Morgan fingerprint density at radius 2 is 1.26 bits per heavy atom. The molecule has 27 heavy (non-hydrogen) atoms. The summed E-state index contributed by atoms with van der Waals surface area (Å²) in [5, 5.41) is 0. The van der Waals surface area contributed by atoms with Gasteiger partial charge < -0.3 is 4.98 Å². The van der Waals surface area contributed by atoms with Crippen LogP contribution in [-0.2, 0) is 18.3 Å². The molecule has 0 aliphatic heterocycles. The van der Waals surface area contributed by atoms with Gasteiger partial charge in [-0.2, -0.15) is 0 Å². The van der Waals surface area contributed by atoms with Crippen molar-refractivity contribution < 1.29 is 0 Å². The Bertz CT molecular complexity index is 926. The van der Waals surface area contributed by atoms with E-state index in [0.717, 1.165) is 29.7 Å². The Balaban J connectivity index is 1.85. The molecule has 0 fully saturated rings. The third kappa shape index (κ3) is 3.52. The fraction of sp³-hybridized carbons (Fsp3) is 0.240. The van der Waals surface area contributed by atoms with Gasteiger partial charge in [-0.15, -0.1) is 0 Å². The van der Waals surface area contributed by atoms with Gasteiger partial charge >= 0.3 is 0 Å². The van der Waals surface area contributed by atoms with E-state index in [1.54, 1.807) is 0 Å². The normalized spacial score (nSPS) is 12.0. The third-order valence-electron chi connectivity index (χ3n) is 5.69. The molecule has 3 aromatic carbocycles. The lowest BCUT2D eigenvalue weighted by Gasteiger charge is -2.36. The lowest BCUT2D eigenvalue weighted by molar-refractivity contribution is 0.285. The van der Waals surface area contributed by atoms with E-state index < -0.39 is 0 Å². The maximum Gasteiger partial charge on any atom is 0.114 e. The van der Waals surface area contributed by atoms with Gasteiger partial charge in [0.25, 0.3) is 0 Å². The lowest BCUT2D eigenvalue weighted by atomic mass is 9.68. The summed E-state index contributed by atoms with van der Waals surface area (Å²) in [6.45, 7) is 4.64. The Hall–Kier alpha value is -2.87. The van der Waals surface area contributed by atoms with Crippen molar-refractivity contribution in [2.24, 2.45) is 5.92 Å². The fourth-order valence-electron chi connectivity index (χ4n) is 4.02. The Kier molecular flexibility index (Phi) is 4.81. The van der Waals surface area contributed by atoms with Crippen LogP contribution in [0.25, 0.3) is 11.0 Å². The molecule has 1 N–H and O–H groups in total. The smallest absolute Gasteiger partial charge is 0.114 e. The first-order valence-corrected chi connectivity index (χ1v) is 9.70. The highest BCUT2D eigenvalue weighted by Gasteiger charge is 2.39. The molecule has 136 valence electrons. The number of nitrogens with one attached hydrogen (secondary N) is 1. The number of H-pyrrole nitrogens is 1. The second-order valence-electron chi connectivity index (χ2n) is 7.74. The molecule has 0 atom stereocenters. The van der Waals surface area contributed by atoms with Gasteiger partial charge in [-0.1, -0.05) is 86.6 Å². The number of aromatic amines is 1. The Labute approximate surface area is 161 Å². The predicted molar refractivity (Wildman–Crippen MR) is 113 cm³/mol. The first kappa shape index (κ1) is 17.5. The van der Waals surface area contributed by atoms with Crippen molar-refractivity contribution in [3.05, 3.63) is 102 Å². The summed E-state index contributed by atoms with van der Waals surface area (Å²) in [5.74, 6) is 1.52. The minimum Gasteiger partial charge on any atom is -0.341 e. The van der Waals surface area contributed by atoms with Gasteiger partial charge in [0.05, 0.1) is 11.0 Å². The molecule has 1 heterocycles. The van der Waals surface area contributed by atoms with Crippen LogP contribution in [0, 0.1) is 5.92 Å². The Morgan fingerprint density at radius 3 is 1.78 bits per heavy atom. The van der Waals surface area contributed by atoms with Crippen LogP contribution in [0.4, 0.5) is 0 Å². The molecule has 4 aromatic rings. The number of fused-ring (bicyclic) bond motifs is 1. The van der Waals surface area contributed by atoms with Crippen LogP contribution < -0.4 is 0 Å². The predicted octanol–water partition coefficient (Wildman–Crippen LogP) is 5.94. The number of rotatable bonds is 6. The molecule has 0 radical (unpaired) electrons. The molecule has 0 spiro atoms. The number of hydrogen-bond acceptors (Lipinski definition) is 1. The highest BCUT2D eigenvalue weighted by Crippen LogP contribution is 2.38. The molecular weight excluding hydrogens is 328 g/mol. The van der Waals surface area contributed by atoms with Crippen LogP contribution in [0.3, 0.4) is 0 Å². The molecule has 0 bridgehead atoms. The number of aromatic nitrogens is 2. The first-order valence-electron chi connectivity index (χ1n) is 9.70.